The van der Waals surface area contributed by atoms with Gasteiger partial charge in [0.2, 0.25) is 0 Å². The first kappa shape index (κ1) is 30.9. The minimum atomic E-state index is -4.41. The molecule has 0 saturated carbocycles. The molecule has 0 aliphatic carbocycles. The van der Waals surface area contributed by atoms with Crippen LogP contribution < -0.4 is 14.4 Å². The van der Waals surface area contributed by atoms with Gasteiger partial charge in [-0.3, -0.25) is 0 Å². The van der Waals surface area contributed by atoms with Crippen molar-refractivity contribution in [2.75, 3.05) is 23.3 Å². The van der Waals surface area contributed by atoms with Gasteiger partial charge < -0.3 is 19.7 Å². The highest BCUT2D eigenvalue weighted by Gasteiger charge is 2.37. The summed E-state index contributed by atoms with van der Waals surface area (Å²) in [4.78, 5) is 17.8. The number of hydrogen-bond acceptors (Lipinski definition) is 8. The van der Waals surface area contributed by atoms with Crippen molar-refractivity contribution in [3.8, 4) is 5.75 Å². The predicted molar refractivity (Wildman–Crippen MR) is 159 cm³/mol. The molecule has 1 N–H and O–H groups in total. The van der Waals surface area contributed by atoms with Crippen molar-refractivity contribution in [2.45, 2.75) is 70.2 Å². The van der Waals surface area contributed by atoms with E-state index >= 15 is 4.39 Å². The number of halogens is 2. The van der Waals surface area contributed by atoms with Crippen LogP contribution in [0.2, 0.25) is 5.02 Å². The first-order valence-corrected chi connectivity index (χ1v) is 15.8. The van der Waals surface area contributed by atoms with Gasteiger partial charge in [-0.05, 0) is 76.4 Å². The van der Waals surface area contributed by atoms with E-state index < -0.39 is 32.4 Å². The van der Waals surface area contributed by atoms with Gasteiger partial charge in [-0.2, -0.15) is 0 Å². The molecule has 1 saturated heterocycles. The third kappa shape index (κ3) is 6.87. The topological polar surface area (TPSA) is 101 Å². The third-order valence-corrected chi connectivity index (χ3v) is 9.50. The summed E-state index contributed by atoms with van der Waals surface area (Å²) in [6, 6.07) is 6.98. The quantitative estimate of drug-likeness (QED) is 0.307. The molecular formula is C28H34ClFN4O5S2. The molecule has 9 nitrogen and oxygen atoms in total. The number of aromatic nitrogens is 1. The average Bonchev–Trinajstić information content (AvgIpc) is 3.54. The second-order valence-electron chi connectivity index (χ2n) is 10.9. The number of rotatable bonds is 8. The van der Waals surface area contributed by atoms with Crippen molar-refractivity contribution in [3.63, 3.8) is 0 Å². The van der Waals surface area contributed by atoms with Crippen molar-refractivity contribution >= 4 is 50.6 Å². The Morgan fingerprint density at radius 3 is 2.63 bits per heavy atom. The molecule has 1 unspecified atom stereocenters. The van der Waals surface area contributed by atoms with E-state index in [1.54, 1.807) is 56.4 Å². The molecule has 0 radical (unpaired) electrons. The summed E-state index contributed by atoms with van der Waals surface area (Å²) in [5, 5.41) is 4.81. The number of thiazole rings is 1. The number of ether oxygens (including phenoxy) is 2. The lowest BCUT2D eigenvalue weighted by Gasteiger charge is -2.29. The van der Waals surface area contributed by atoms with Crippen LogP contribution in [-0.2, 0) is 21.3 Å². The van der Waals surface area contributed by atoms with Crippen LogP contribution in [0, 0.1) is 12.7 Å². The van der Waals surface area contributed by atoms with Crippen LogP contribution in [0.3, 0.4) is 0 Å². The molecular weight excluding hydrogens is 591 g/mol. The highest BCUT2D eigenvalue weighted by atomic mass is 35.5. The van der Waals surface area contributed by atoms with Gasteiger partial charge in [0.1, 0.15) is 22.1 Å². The maximum atomic E-state index is 15.6. The van der Waals surface area contributed by atoms with Gasteiger partial charge in [0.05, 0.1) is 35.9 Å². The molecule has 1 aliphatic heterocycles. The molecule has 0 spiro atoms. The predicted octanol–water partition coefficient (Wildman–Crippen LogP) is 6.46. The van der Waals surface area contributed by atoms with Crippen LogP contribution in [0.4, 0.5) is 20.7 Å². The van der Waals surface area contributed by atoms with Crippen molar-refractivity contribution in [2.24, 2.45) is 0 Å². The number of likely N-dealkylation sites (tertiary alicyclic amines) is 1. The maximum Gasteiger partial charge on any atom is 0.410 e. The fraction of sp³-hybridized carbons (Fsp3) is 0.429. The van der Waals surface area contributed by atoms with Gasteiger partial charge in [-0.15, -0.1) is 11.3 Å². The highest BCUT2D eigenvalue weighted by Crippen LogP contribution is 2.35. The minimum Gasteiger partial charge on any atom is -0.497 e. The molecule has 1 amide bonds. The molecule has 1 fully saturated rings. The summed E-state index contributed by atoms with van der Waals surface area (Å²) in [6.07, 6.45) is 0.152. The number of methoxy groups -OCH3 is 1. The van der Waals surface area contributed by atoms with Gasteiger partial charge in [-0.25, -0.2) is 26.9 Å². The van der Waals surface area contributed by atoms with Gasteiger partial charge in [-0.1, -0.05) is 17.7 Å². The van der Waals surface area contributed by atoms with E-state index in [-0.39, 0.29) is 35.2 Å². The first-order chi connectivity index (χ1) is 19.2. The zero-order valence-corrected chi connectivity index (χ0v) is 26.2. The monoisotopic (exact) mass is 624 g/mol. The van der Waals surface area contributed by atoms with E-state index in [9.17, 15) is 13.2 Å². The van der Waals surface area contributed by atoms with E-state index in [4.69, 9.17) is 21.1 Å². The summed E-state index contributed by atoms with van der Waals surface area (Å²) >= 11 is 7.75. The molecule has 1 aliphatic rings. The normalized spacial score (nSPS) is 17.4. The number of benzene rings is 2. The average molecular weight is 625 g/mol. The summed E-state index contributed by atoms with van der Waals surface area (Å²) in [7, 11) is -2.86. The van der Waals surface area contributed by atoms with E-state index in [1.165, 1.54) is 16.8 Å². The number of nitrogens with one attached hydrogen (secondary N) is 1. The molecule has 0 bridgehead atoms. The van der Waals surface area contributed by atoms with Crippen molar-refractivity contribution in [1.29, 1.82) is 0 Å². The molecule has 222 valence electrons. The Morgan fingerprint density at radius 2 is 2.02 bits per heavy atom. The minimum absolute atomic E-state index is 0.0340. The lowest BCUT2D eigenvalue weighted by Crippen LogP contribution is -2.42. The SMILES string of the molecule is COc1ccc(CN(c2cscn2)S(=O)(=O)c2cc(Cl)c(NC3CCN(C(=O)OC(C)(C)C)[C@@H]3C)cc2F)c(C)c1. The van der Waals surface area contributed by atoms with Crippen molar-refractivity contribution in [1.82, 2.24) is 9.88 Å². The number of carbonyl (C=O) groups excluding carboxylic acids is 1. The second-order valence-corrected chi connectivity index (χ2v) is 13.8. The number of sulfonamides is 1. The lowest BCUT2D eigenvalue weighted by atomic mass is 10.1. The fourth-order valence-electron chi connectivity index (χ4n) is 4.61. The number of anilines is 2. The molecule has 1 aromatic heterocycles. The number of carbonyl (C=O) groups is 1. The van der Waals surface area contributed by atoms with Crippen LogP contribution >= 0.6 is 22.9 Å². The first-order valence-electron chi connectivity index (χ1n) is 13.0. The van der Waals surface area contributed by atoms with Crippen LogP contribution in [0.1, 0.15) is 45.2 Å². The van der Waals surface area contributed by atoms with Gasteiger partial charge in [0.25, 0.3) is 10.0 Å². The van der Waals surface area contributed by atoms with Crippen LogP contribution in [-0.4, -0.2) is 55.7 Å². The van der Waals surface area contributed by atoms with Gasteiger partial charge >= 0.3 is 6.09 Å². The Hall–Kier alpha value is -3.09. The van der Waals surface area contributed by atoms with Crippen molar-refractivity contribution in [3.05, 3.63) is 63.2 Å². The summed E-state index contributed by atoms with van der Waals surface area (Å²) in [5.74, 6) is -0.149. The maximum absolute atomic E-state index is 15.6. The Kier molecular flexibility index (Phi) is 9.05. The van der Waals surface area contributed by atoms with Crippen LogP contribution in [0.25, 0.3) is 0 Å². The van der Waals surface area contributed by atoms with Crippen LogP contribution in [0.15, 0.2) is 46.1 Å². The fourth-order valence-corrected chi connectivity index (χ4v) is 6.97. The molecule has 2 atom stereocenters. The van der Waals surface area contributed by atoms with Gasteiger partial charge in [0, 0.05) is 18.0 Å². The molecule has 4 rings (SSSR count). The highest BCUT2D eigenvalue weighted by molar-refractivity contribution is 7.92. The number of hydrogen-bond donors (Lipinski definition) is 1. The third-order valence-electron chi connectivity index (χ3n) is 6.85. The van der Waals surface area contributed by atoms with E-state index in [2.05, 4.69) is 10.3 Å². The summed E-state index contributed by atoms with van der Waals surface area (Å²) in [5.41, 5.74) is 2.63. The number of aryl methyl sites for hydroxylation is 1. The summed E-state index contributed by atoms with van der Waals surface area (Å²) in [6.45, 7) is 9.49. The summed E-state index contributed by atoms with van der Waals surface area (Å²) < 4.78 is 55.1. The molecule has 41 heavy (non-hydrogen) atoms. The number of nitrogens with zero attached hydrogens (tertiary/aromatic N) is 3. The van der Waals surface area contributed by atoms with Crippen LogP contribution in [0.5, 0.6) is 5.75 Å². The largest absolute Gasteiger partial charge is 0.497 e. The smallest absolute Gasteiger partial charge is 0.410 e. The molecule has 2 heterocycles. The van der Waals surface area contributed by atoms with E-state index in [0.29, 0.717) is 24.3 Å². The molecule has 3 aromatic rings. The standard InChI is InChI=1S/C28H34ClFN4O5S2/c1-17-11-20(38-6)8-7-19(17)14-34(26-15-40-16-31-26)41(36,37)25-12-21(29)24(13-22(25)30)32-23-9-10-33(18(23)2)27(35)39-28(3,4)5/h7-8,11-13,15-16,18,23,32H,9-10,14H2,1-6H3/t18-,23?/m1/s1. The van der Waals surface area contributed by atoms with E-state index in [0.717, 1.165) is 22.0 Å². The van der Waals surface area contributed by atoms with Gasteiger partial charge in [0.15, 0.2) is 5.82 Å². The Morgan fingerprint density at radius 1 is 1.29 bits per heavy atom. The second kappa shape index (κ2) is 12.0. The zero-order valence-electron chi connectivity index (χ0n) is 23.8. The molecule has 13 heteroatoms. The molecule has 2 aromatic carbocycles. The Bertz CT molecular complexity index is 1510. The Balaban J connectivity index is 1.60. The number of amides is 1. The van der Waals surface area contributed by atoms with Crippen molar-refractivity contribution < 1.29 is 27.1 Å². The Labute approximate surface area is 249 Å². The zero-order chi connectivity index (χ0) is 30.1. The lowest BCUT2D eigenvalue weighted by molar-refractivity contribution is 0.0235. The van der Waals surface area contributed by atoms with E-state index in [1.807, 2.05) is 13.8 Å².